The summed E-state index contributed by atoms with van der Waals surface area (Å²) in [5.41, 5.74) is 6.54. The molecule has 3 heteroatoms. The molecule has 1 aliphatic heterocycles. The van der Waals surface area contributed by atoms with Crippen LogP contribution in [-0.2, 0) is 9.53 Å². The van der Waals surface area contributed by atoms with Gasteiger partial charge in [0.2, 0.25) is 5.91 Å². The molecule has 1 fully saturated rings. The van der Waals surface area contributed by atoms with E-state index in [0.717, 1.165) is 19.4 Å². The Kier molecular flexibility index (Phi) is 4.25. The maximum Gasteiger partial charge on any atom is 0.218 e. The summed E-state index contributed by atoms with van der Waals surface area (Å²) in [5, 5.41) is 0. The zero-order valence-electron chi connectivity index (χ0n) is 11.8. The zero-order chi connectivity index (χ0) is 13.9. The van der Waals surface area contributed by atoms with Crippen molar-refractivity contribution in [2.75, 3.05) is 6.61 Å². The van der Waals surface area contributed by atoms with Crippen molar-refractivity contribution in [2.24, 2.45) is 11.7 Å². The van der Waals surface area contributed by atoms with Crippen molar-refractivity contribution in [1.82, 2.24) is 0 Å². The number of ether oxygens (including phenoxy) is 1. The predicted octanol–water partition coefficient (Wildman–Crippen LogP) is 2.85. The van der Waals surface area contributed by atoms with Crippen LogP contribution in [0.3, 0.4) is 0 Å². The molecule has 1 aliphatic rings. The molecule has 0 unspecified atom stereocenters. The average molecular weight is 261 g/mol. The van der Waals surface area contributed by atoms with E-state index >= 15 is 0 Å². The minimum absolute atomic E-state index is 0.104. The van der Waals surface area contributed by atoms with E-state index in [1.807, 2.05) is 18.2 Å². The van der Waals surface area contributed by atoms with Crippen LogP contribution < -0.4 is 5.73 Å². The first kappa shape index (κ1) is 14.1. The maximum atomic E-state index is 11.4. The molecule has 1 heterocycles. The quantitative estimate of drug-likeness (QED) is 0.906. The molecule has 1 aromatic carbocycles. The Morgan fingerprint density at radius 3 is 2.68 bits per heavy atom. The van der Waals surface area contributed by atoms with Crippen LogP contribution >= 0.6 is 0 Å². The lowest BCUT2D eigenvalue weighted by Gasteiger charge is -2.39. The lowest BCUT2D eigenvalue weighted by atomic mass is 9.75. The first-order valence-electron chi connectivity index (χ1n) is 6.95. The molecular weight excluding hydrogens is 238 g/mol. The van der Waals surface area contributed by atoms with Gasteiger partial charge in [-0.2, -0.15) is 0 Å². The van der Waals surface area contributed by atoms with E-state index in [4.69, 9.17) is 10.5 Å². The topological polar surface area (TPSA) is 52.3 Å². The molecule has 1 amide bonds. The fraction of sp³-hybridized carbons (Fsp3) is 0.562. The second-order valence-electron chi connectivity index (χ2n) is 6.05. The number of nitrogens with two attached hydrogens (primary N) is 1. The van der Waals surface area contributed by atoms with Crippen LogP contribution in [0.5, 0.6) is 0 Å². The molecule has 3 nitrogen and oxygen atoms in total. The number of hydrogen-bond donors (Lipinski definition) is 1. The van der Waals surface area contributed by atoms with Gasteiger partial charge >= 0.3 is 0 Å². The minimum Gasteiger partial charge on any atom is -0.376 e. The van der Waals surface area contributed by atoms with Gasteiger partial charge in [0, 0.05) is 13.0 Å². The van der Waals surface area contributed by atoms with E-state index in [2.05, 4.69) is 26.0 Å². The Hall–Kier alpha value is -1.35. The van der Waals surface area contributed by atoms with E-state index in [-0.39, 0.29) is 17.4 Å². The smallest absolute Gasteiger partial charge is 0.218 e. The normalized spacial score (nSPS) is 23.8. The van der Waals surface area contributed by atoms with E-state index in [9.17, 15) is 4.79 Å². The number of amides is 1. The summed E-state index contributed by atoms with van der Waals surface area (Å²) in [6, 6.07) is 10.2. The number of primary amides is 1. The standard InChI is InChI=1S/C16H23NO2/c1-16(2)11-13(8-9-19-16)14(10-15(17)18)12-6-4-3-5-7-12/h3-7,13-14H,8-11H2,1-2H3,(H2,17,18)/t13-,14-/m0/s1. The number of carbonyl (C=O) groups is 1. The summed E-state index contributed by atoms with van der Waals surface area (Å²) in [7, 11) is 0. The molecule has 2 atom stereocenters. The van der Waals surface area contributed by atoms with Gasteiger partial charge in [0.25, 0.3) is 0 Å². The van der Waals surface area contributed by atoms with E-state index in [0.29, 0.717) is 12.3 Å². The highest BCUT2D eigenvalue weighted by Gasteiger charge is 2.34. The third-order valence-electron chi connectivity index (χ3n) is 3.95. The predicted molar refractivity (Wildman–Crippen MR) is 75.7 cm³/mol. The Bertz CT molecular complexity index is 428. The largest absolute Gasteiger partial charge is 0.376 e. The van der Waals surface area contributed by atoms with Crippen LogP contribution in [0, 0.1) is 5.92 Å². The molecule has 19 heavy (non-hydrogen) atoms. The molecule has 0 saturated carbocycles. The first-order valence-corrected chi connectivity index (χ1v) is 6.95. The number of hydrogen-bond acceptors (Lipinski definition) is 2. The van der Waals surface area contributed by atoms with Crippen molar-refractivity contribution in [2.45, 2.75) is 44.6 Å². The lowest BCUT2D eigenvalue weighted by molar-refractivity contribution is -0.119. The Balaban J connectivity index is 2.20. The molecule has 104 valence electrons. The van der Waals surface area contributed by atoms with E-state index in [1.165, 1.54) is 5.56 Å². The summed E-state index contributed by atoms with van der Waals surface area (Å²) in [5.74, 6) is 0.443. The van der Waals surface area contributed by atoms with Gasteiger partial charge in [-0.3, -0.25) is 4.79 Å². The Labute approximate surface area is 115 Å². The van der Waals surface area contributed by atoms with Crippen molar-refractivity contribution in [3.63, 3.8) is 0 Å². The molecule has 1 saturated heterocycles. The Morgan fingerprint density at radius 1 is 1.42 bits per heavy atom. The zero-order valence-corrected chi connectivity index (χ0v) is 11.8. The number of rotatable bonds is 4. The van der Waals surface area contributed by atoms with Crippen molar-refractivity contribution in [1.29, 1.82) is 0 Å². The fourth-order valence-corrected chi connectivity index (χ4v) is 3.10. The summed E-state index contributed by atoms with van der Waals surface area (Å²) in [6.45, 7) is 5.00. The van der Waals surface area contributed by atoms with Crippen LogP contribution in [0.15, 0.2) is 30.3 Å². The summed E-state index contributed by atoms with van der Waals surface area (Å²) in [6.07, 6.45) is 2.39. The summed E-state index contributed by atoms with van der Waals surface area (Å²) >= 11 is 0. The molecular formula is C16H23NO2. The molecule has 0 aromatic heterocycles. The lowest BCUT2D eigenvalue weighted by Crippen LogP contribution is -2.37. The number of benzene rings is 1. The van der Waals surface area contributed by atoms with Gasteiger partial charge in [-0.15, -0.1) is 0 Å². The minimum atomic E-state index is -0.224. The molecule has 0 aliphatic carbocycles. The van der Waals surface area contributed by atoms with E-state index in [1.54, 1.807) is 0 Å². The average Bonchev–Trinajstić information content (AvgIpc) is 2.35. The van der Waals surface area contributed by atoms with Crippen LogP contribution in [0.1, 0.15) is 44.6 Å². The van der Waals surface area contributed by atoms with Gasteiger partial charge in [-0.1, -0.05) is 30.3 Å². The van der Waals surface area contributed by atoms with Gasteiger partial charge in [-0.25, -0.2) is 0 Å². The SMILES string of the molecule is CC1(C)C[C@@H]([C@@H](CC(N)=O)c2ccccc2)CCO1. The van der Waals surface area contributed by atoms with Crippen LogP contribution in [0.25, 0.3) is 0 Å². The van der Waals surface area contributed by atoms with E-state index < -0.39 is 0 Å². The maximum absolute atomic E-state index is 11.4. The van der Waals surface area contributed by atoms with Gasteiger partial charge < -0.3 is 10.5 Å². The van der Waals surface area contributed by atoms with Gasteiger partial charge in [0.15, 0.2) is 0 Å². The highest BCUT2D eigenvalue weighted by atomic mass is 16.5. The number of carbonyl (C=O) groups excluding carboxylic acids is 1. The van der Waals surface area contributed by atoms with Crippen molar-refractivity contribution in [3.8, 4) is 0 Å². The second-order valence-corrected chi connectivity index (χ2v) is 6.05. The third kappa shape index (κ3) is 3.80. The molecule has 2 N–H and O–H groups in total. The first-order chi connectivity index (χ1) is 8.98. The van der Waals surface area contributed by atoms with Gasteiger partial charge in [-0.05, 0) is 44.1 Å². The van der Waals surface area contributed by atoms with Crippen molar-refractivity contribution in [3.05, 3.63) is 35.9 Å². The Morgan fingerprint density at radius 2 is 2.11 bits per heavy atom. The molecule has 1 aromatic rings. The highest BCUT2D eigenvalue weighted by Crippen LogP contribution is 2.39. The molecule has 2 rings (SSSR count). The van der Waals surface area contributed by atoms with Crippen LogP contribution in [0.2, 0.25) is 0 Å². The van der Waals surface area contributed by atoms with Crippen LogP contribution in [0.4, 0.5) is 0 Å². The summed E-state index contributed by atoms with van der Waals surface area (Å²) < 4.78 is 5.77. The monoisotopic (exact) mass is 261 g/mol. The molecule has 0 bridgehead atoms. The van der Waals surface area contributed by atoms with Crippen molar-refractivity contribution >= 4 is 5.91 Å². The third-order valence-corrected chi connectivity index (χ3v) is 3.95. The molecule has 0 spiro atoms. The second kappa shape index (κ2) is 5.74. The fourth-order valence-electron chi connectivity index (χ4n) is 3.10. The highest BCUT2D eigenvalue weighted by molar-refractivity contribution is 5.74. The van der Waals surface area contributed by atoms with Crippen molar-refractivity contribution < 1.29 is 9.53 Å². The molecule has 0 radical (unpaired) electrons. The summed E-state index contributed by atoms with van der Waals surface area (Å²) in [4.78, 5) is 11.4. The van der Waals surface area contributed by atoms with Gasteiger partial charge in [0.05, 0.1) is 5.60 Å². The van der Waals surface area contributed by atoms with Crippen LogP contribution in [-0.4, -0.2) is 18.1 Å². The van der Waals surface area contributed by atoms with Gasteiger partial charge in [0.1, 0.15) is 0 Å².